The number of para-hydroxylation sites is 3. The summed E-state index contributed by atoms with van der Waals surface area (Å²) in [5.74, 6) is 0.131. The van der Waals surface area contributed by atoms with Crippen molar-refractivity contribution in [2.45, 2.75) is 4.90 Å². The molecular weight excluding hydrogens is 450 g/mol. The van der Waals surface area contributed by atoms with E-state index in [2.05, 4.69) is 20.0 Å². The lowest BCUT2D eigenvalue weighted by molar-refractivity contribution is 0.475. The number of anilines is 4. The molecule has 3 aromatic carbocycles. The summed E-state index contributed by atoms with van der Waals surface area (Å²) in [4.78, 5) is 10.8. The zero-order valence-corrected chi connectivity index (χ0v) is 18.8. The molecule has 32 heavy (non-hydrogen) atoms. The maximum atomic E-state index is 13.3. The Hall–Kier alpha value is -3.56. The molecule has 1 heterocycles. The molecule has 0 aliphatic carbocycles. The van der Waals surface area contributed by atoms with Crippen molar-refractivity contribution in [3.63, 3.8) is 0 Å². The van der Waals surface area contributed by atoms with Crippen molar-refractivity contribution >= 4 is 55.7 Å². The van der Waals surface area contributed by atoms with E-state index in [1.54, 1.807) is 61.5 Å². The molecule has 4 aromatic rings. The van der Waals surface area contributed by atoms with Crippen LogP contribution in [0, 0.1) is 0 Å². The number of halogens is 1. The fourth-order valence-corrected chi connectivity index (χ4v) is 4.59. The summed E-state index contributed by atoms with van der Waals surface area (Å²) in [6.07, 6.45) is 0. The normalized spacial score (nSPS) is 11.3. The van der Waals surface area contributed by atoms with Gasteiger partial charge in [0.25, 0.3) is 10.0 Å². The zero-order chi connectivity index (χ0) is 22.9. The van der Waals surface area contributed by atoms with Gasteiger partial charge in [0.2, 0.25) is 0 Å². The molecular formula is C22H20ClN5O3S. The van der Waals surface area contributed by atoms with Crippen LogP contribution < -0.4 is 14.9 Å². The molecule has 0 bridgehead atoms. The second-order valence-corrected chi connectivity index (χ2v) is 9.22. The van der Waals surface area contributed by atoms with E-state index in [4.69, 9.17) is 11.6 Å². The molecule has 0 atom stereocenters. The number of sulfonamides is 1. The van der Waals surface area contributed by atoms with Gasteiger partial charge in [-0.2, -0.15) is 0 Å². The summed E-state index contributed by atoms with van der Waals surface area (Å²) in [5.41, 5.74) is 1.95. The first kappa shape index (κ1) is 21.7. The Morgan fingerprint density at radius 2 is 1.53 bits per heavy atom. The van der Waals surface area contributed by atoms with Crippen LogP contribution in [-0.4, -0.2) is 37.6 Å². The Labute approximate surface area is 190 Å². The molecule has 10 heteroatoms. The van der Waals surface area contributed by atoms with Gasteiger partial charge in [-0.3, -0.25) is 4.72 Å². The Balaban J connectivity index is 1.83. The number of aromatic hydroxyl groups is 1. The molecule has 0 radical (unpaired) electrons. The number of phenols is 1. The van der Waals surface area contributed by atoms with Crippen molar-refractivity contribution in [2.75, 3.05) is 29.0 Å². The van der Waals surface area contributed by atoms with Crippen molar-refractivity contribution in [3.8, 4) is 5.75 Å². The first-order valence-corrected chi connectivity index (χ1v) is 11.4. The van der Waals surface area contributed by atoms with E-state index in [-0.39, 0.29) is 22.3 Å². The van der Waals surface area contributed by atoms with E-state index < -0.39 is 10.0 Å². The van der Waals surface area contributed by atoms with E-state index in [1.807, 2.05) is 0 Å². The number of nitrogens with one attached hydrogen (secondary N) is 2. The molecule has 3 N–H and O–H groups in total. The van der Waals surface area contributed by atoms with Crippen LogP contribution in [0.25, 0.3) is 11.0 Å². The monoisotopic (exact) mass is 469 g/mol. The van der Waals surface area contributed by atoms with E-state index in [1.165, 1.54) is 24.3 Å². The summed E-state index contributed by atoms with van der Waals surface area (Å²) in [7, 11) is -0.477. The average molecular weight is 470 g/mol. The Bertz CT molecular complexity index is 1410. The largest absolute Gasteiger partial charge is 0.508 e. The van der Waals surface area contributed by atoms with Gasteiger partial charge >= 0.3 is 0 Å². The van der Waals surface area contributed by atoms with Crippen LogP contribution in [0.4, 0.5) is 23.0 Å². The number of hydrogen-bond donors (Lipinski definition) is 3. The number of fused-ring (bicyclic) bond motifs is 1. The highest BCUT2D eigenvalue weighted by Crippen LogP contribution is 2.33. The minimum Gasteiger partial charge on any atom is -0.508 e. The lowest BCUT2D eigenvalue weighted by Crippen LogP contribution is -2.20. The molecule has 0 saturated heterocycles. The third kappa shape index (κ3) is 4.39. The summed E-state index contributed by atoms with van der Waals surface area (Å²) < 4.78 is 29.1. The number of benzene rings is 3. The highest BCUT2D eigenvalue weighted by atomic mass is 35.5. The van der Waals surface area contributed by atoms with Crippen LogP contribution in [0.2, 0.25) is 5.02 Å². The fourth-order valence-electron chi connectivity index (χ4n) is 3.13. The van der Waals surface area contributed by atoms with Crippen molar-refractivity contribution < 1.29 is 13.5 Å². The molecule has 0 aliphatic rings. The molecule has 0 amide bonds. The van der Waals surface area contributed by atoms with Gasteiger partial charge in [-0.25, -0.2) is 18.4 Å². The summed E-state index contributed by atoms with van der Waals surface area (Å²) in [6.45, 7) is 0. The first-order valence-electron chi connectivity index (χ1n) is 9.56. The predicted octanol–water partition coefficient (Wildman–Crippen LogP) is 4.60. The number of phenolic OH excluding ortho intramolecular Hbond substituents is 1. The van der Waals surface area contributed by atoms with Crippen LogP contribution in [0.1, 0.15) is 0 Å². The maximum Gasteiger partial charge on any atom is 0.265 e. The molecule has 0 spiro atoms. The van der Waals surface area contributed by atoms with Gasteiger partial charge in [0.1, 0.15) is 10.6 Å². The van der Waals surface area contributed by atoms with E-state index >= 15 is 0 Å². The Morgan fingerprint density at radius 1 is 0.906 bits per heavy atom. The van der Waals surface area contributed by atoms with Gasteiger partial charge in [-0.05, 0) is 36.4 Å². The summed E-state index contributed by atoms with van der Waals surface area (Å²) in [6, 6.07) is 18.1. The minimum absolute atomic E-state index is 0.00308. The quantitative estimate of drug-likeness (QED) is 0.378. The van der Waals surface area contributed by atoms with Crippen LogP contribution in [0.3, 0.4) is 0 Å². The summed E-state index contributed by atoms with van der Waals surface area (Å²) in [5, 5.41) is 13.1. The molecule has 1 aromatic heterocycles. The molecule has 0 saturated carbocycles. The standard InChI is InChI=1S/C22H20ClN5O3S/c1-28(2)19-9-5-6-10-20(19)32(30,31)27-22-21(24-16-7-3-4-8-17(16)25-22)26-18-13-14(29)11-12-15(18)23/h3-13,29H,1-2H3,(H,24,26)(H,25,27). The van der Waals surface area contributed by atoms with Gasteiger partial charge in [0.05, 0.1) is 27.4 Å². The Kier molecular flexibility index (Phi) is 5.77. The third-order valence-electron chi connectivity index (χ3n) is 4.64. The van der Waals surface area contributed by atoms with E-state index in [0.717, 1.165) is 0 Å². The number of rotatable bonds is 6. The van der Waals surface area contributed by atoms with Crippen molar-refractivity contribution in [3.05, 3.63) is 71.8 Å². The maximum absolute atomic E-state index is 13.3. The molecule has 8 nitrogen and oxygen atoms in total. The Morgan fingerprint density at radius 3 is 2.22 bits per heavy atom. The topological polar surface area (TPSA) is 107 Å². The SMILES string of the molecule is CN(C)c1ccccc1S(=O)(=O)Nc1nc2ccccc2nc1Nc1cc(O)ccc1Cl. The van der Waals surface area contributed by atoms with Crippen LogP contribution >= 0.6 is 11.6 Å². The van der Waals surface area contributed by atoms with Gasteiger partial charge in [-0.15, -0.1) is 0 Å². The first-order chi connectivity index (χ1) is 15.2. The highest BCUT2D eigenvalue weighted by Gasteiger charge is 2.23. The molecule has 0 fully saturated rings. The van der Waals surface area contributed by atoms with Crippen molar-refractivity contribution in [1.82, 2.24) is 9.97 Å². The average Bonchev–Trinajstić information content (AvgIpc) is 2.76. The lowest BCUT2D eigenvalue weighted by Gasteiger charge is -2.19. The smallest absolute Gasteiger partial charge is 0.265 e. The van der Waals surface area contributed by atoms with Gasteiger partial charge in [0, 0.05) is 20.2 Å². The third-order valence-corrected chi connectivity index (χ3v) is 6.36. The molecule has 164 valence electrons. The van der Waals surface area contributed by atoms with Gasteiger partial charge in [0.15, 0.2) is 11.6 Å². The molecule has 0 aliphatic heterocycles. The zero-order valence-electron chi connectivity index (χ0n) is 17.2. The summed E-state index contributed by atoms with van der Waals surface area (Å²) >= 11 is 6.24. The molecule has 4 rings (SSSR count). The minimum atomic E-state index is -4.01. The van der Waals surface area contributed by atoms with Crippen LogP contribution in [0.5, 0.6) is 5.75 Å². The predicted molar refractivity (Wildman–Crippen MR) is 128 cm³/mol. The second-order valence-electron chi connectivity index (χ2n) is 7.17. The van der Waals surface area contributed by atoms with E-state index in [9.17, 15) is 13.5 Å². The van der Waals surface area contributed by atoms with E-state index in [0.29, 0.717) is 27.4 Å². The van der Waals surface area contributed by atoms with Crippen molar-refractivity contribution in [1.29, 1.82) is 0 Å². The highest BCUT2D eigenvalue weighted by molar-refractivity contribution is 7.92. The van der Waals surface area contributed by atoms with Crippen molar-refractivity contribution in [2.24, 2.45) is 0 Å². The number of aromatic nitrogens is 2. The van der Waals surface area contributed by atoms with Crippen LogP contribution in [0.15, 0.2) is 71.6 Å². The number of nitrogens with zero attached hydrogens (tertiary/aromatic N) is 3. The number of hydrogen-bond acceptors (Lipinski definition) is 7. The molecule has 0 unspecified atom stereocenters. The lowest BCUT2D eigenvalue weighted by atomic mass is 10.3. The van der Waals surface area contributed by atoms with Gasteiger partial charge < -0.3 is 15.3 Å². The van der Waals surface area contributed by atoms with Crippen LogP contribution in [-0.2, 0) is 10.0 Å². The fraction of sp³-hybridized carbons (Fsp3) is 0.0909. The second kappa shape index (κ2) is 8.52. The van der Waals surface area contributed by atoms with Gasteiger partial charge in [-0.1, -0.05) is 35.9 Å².